The topological polar surface area (TPSA) is 43.4 Å². The van der Waals surface area contributed by atoms with Crippen molar-refractivity contribution in [3.63, 3.8) is 0 Å². The van der Waals surface area contributed by atoms with Crippen molar-refractivity contribution in [3.05, 3.63) is 0 Å². The van der Waals surface area contributed by atoms with Crippen LogP contribution >= 0.6 is 0 Å². The van der Waals surface area contributed by atoms with E-state index < -0.39 is 16.2 Å². The maximum absolute atomic E-state index is 11.4. The van der Waals surface area contributed by atoms with E-state index in [-0.39, 0.29) is 6.61 Å². The molecule has 0 aromatic carbocycles. The monoisotopic (exact) mass is 186 g/mol. The van der Waals surface area contributed by atoms with Gasteiger partial charge in [-0.15, -0.1) is 3.89 Å². The molecule has 0 heterocycles. The third kappa shape index (κ3) is 25.8. The fourth-order valence-corrected chi connectivity index (χ4v) is 0.549. The highest BCUT2D eigenvalue weighted by Gasteiger charge is 2.03. The molecule has 0 radical (unpaired) electrons. The zero-order valence-electron chi connectivity index (χ0n) is 7.13. The minimum absolute atomic E-state index is 0.211. The molecule has 0 aliphatic rings. The molecule has 0 rings (SSSR count). The van der Waals surface area contributed by atoms with E-state index in [9.17, 15) is 12.3 Å². The summed E-state index contributed by atoms with van der Waals surface area (Å²) in [5, 5.41) is 0. The molecule has 70 valence electrons. The highest BCUT2D eigenvalue weighted by atomic mass is 32.3. The summed E-state index contributed by atoms with van der Waals surface area (Å²) in [6.07, 6.45) is 1.25. The average molecular weight is 186 g/mol. The standard InChI is InChI=1S/C3H7FO3S.C3H8/c1-2-7-3-8(4,5)6;1-3-2/h2-3H2,1H3;3H2,1-2H3. The molecule has 0 aliphatic heterocycles. The van der Waals surface area contributed by atoms with E-state index in [2.05, 4.69) is 18.6 Å². The van der Waals surface area contributed by atoms with Crippen molar-refractivity contribution in [2.24, 2.45) is 0 Å². The maximum Gasteiger partial charge on any atom is 0.326 e. The van der Waals surface area contributed by atoms with Crippen LogP contribution < -0.4 is 0 Å². The van der Waals surface area contributed by atoms with Crippen LogP contribution in [0.1, 0.15) is 27.2 Å². The highest BCUT2D eigenvalue weighted by molar-refractivity contribution is 7.86. The van der Waals surface area contributed by atoms with Gasteiger partial charge in [-0.05, 0) is 6.92 Å². The van der Waals surface area contributed by atoms with Gasteiger partial charge in [0.05, 0.1) is 0 Å². The van der Waals surface area contributed by atoms with Gasteiger partial charge in [0.25, 0.3) is 0 Å². The molecule has 0 saturated heterocycles. The lowest BCUT2D eigenvalue weighted by Crippen LogP contribution is -2.02. The van der Waals surface area contributed by atoms with Crippen molar-refractivity contribution in [2.75, 3.05) is 12.5 Å². The predicted octanol–water partition coefficient (Wildman–Crippen LogP) is 1.70. The van der Waals surface area contributed by atoms with Crippen LogP contribution in [0.2, 0.25) is 0 Å². The van der Waals surface area contributed by atoms with Crippen molar-refractivity contribution >= 4 is 10.2 Å². The highest BCUT2D eigenvalue weighted by Crippen LogP contribution is 1.89. The first-order valence-electron chi connectivity index (χ1n) is 3.47. The van der Waals surface area contributed by atoms with Gasteiger partial charge in [0.15, 0.2) is 5.94 Å². The Labute approximate surface area is 67.8 Å². The second-order valence-corrected chi connectivity index (χ2v) is 3.17. The van der Waals surface area contributed by atoms with Gasteiger partial charge in [-0.2, -0.15) is 8.42 Å². The molecular weight excluding hydrogens is 171 g/mol. The molecule has 0 spiro atoms. The van der Waals surface area contributed by atoms with Gasteiger partial charge in [-0.1, -0.05) is 20.3 Å². The van der Waals surface area contributed by atoms with Gasteiger partial charge in [0, 0.05) is 6.61 Å². The van der Waals surface area contributed by atoms with E-state index in [1.807, 2.05) is 0 Å². The minimum Gasteiger partial charge on any atom is -0.363 e. The first-order chi connectivity index (χ1) is 4.97. The molecule has 11 heavy (non-hydrogen) atoms. The first-order valence-corrected chi connectivity index (χ1v) is 5.03. The van der Waals surface area contributed by atoms with Crippen LogP contribution in [-0.2, 0) is 15.0 Å². The van der Waals surface area contributed by atoms with Crippen LogP contribution in [0.25, 0.3) is 0 Å². The van der Waals surface area contributed by atoms with Crippen LogP contribution in [0.15, 0.2) is 0 Å². The van der Waals surface area contributed by atoms with Crippen LogP contribution in [-0.4, -0.2) is 21.0 Å². The Morgan fingerprint density at radius 1 is 1.27 bits per heavy atom. The normalized spacial score (nSPS) is 10.2. The molecule has 0 amide bonds. The molecule has 0 N–H and O–H groups in total. The van der Waals surface area contributed by atoms with Crippen molar-refractivity contribution in [1.82, 2.24) is 0 Å². The molecule has 0 bridgehead atoms. The summed E-state index contributed by atoms with van der Waals surface area (Å²) in [6, 6.07) is 0. The number of rotatable bonds is 3. The Balaban J connectivity index is 0. The van der Waals surface area contributed by atoms with E-state index in [1.165, 1.54) is 6.42 Å². The Morgan fingerprint density at radius 2 is 1.64 bits per heavy atom. The summed E-state index contributed by atoms with van der Waals surface area (Å²) in [5.41, 5.74) is 0. The van der Waals surface area contributed by atoms with Gasteiger partial charge in [-0.25, -0.2) is 0 Å². The van der Waals surface area contributed by atoms with Crippen LogP contribution in [0.5, 0.6) is 0 Å². The largest absolute Gasteiger partial charge is 0.363 e. The first kappa shape index (κ1) is 13.4. The predicted molar refractivity (Wildman–Crippen MR) is 42.5 cm³/mol. The lowest BCUT2D eigenvalue weighted by molar-refractivity contribution is 0.189. The summed E-state index contributed by atoms with van der Waals surface area (Å²) >= 11 is 0. The van der Waals surface area contributed by atoms with Crippen molar-refractivity contribution in [2.45, 2.75) is 27.2 Å². The molecule has 3 nitrogen and oxygen atoms in total. The number of halogens is 1. The van der Waals surface area contributed by atoms with Gasteiger partial charge in [0.2, 0.25) is 0 Å². The van der Waals surface area contributed by atoms with Crippen molar-refractivity contribution in [1.29, 1.82) is 0 Å². The second kappa shape index (κ2) is 7.94. The van der Waals surface area contributed by atoms with E-state index in [1.54, 1.807) is 6.92 Å². The zero-order chi connectivity index (χ0) is 9.33. The smallest absolute Gasteiger partial charge is 0.326 e. The average Bonchev–Trinajstić information content (AvgIpc) is 1.84. The fraction of sp³-hybridized carbons (Fsp3) is 1.00. The van der Waals surface area contributed by atoms with Gasteiger partial charge in [-0.3, -0.25) is 0 Å². The van der Waals surface area contributed by atoms with Crippen LogP contribution in [0.3, 0.4) is 0 Å². The summed E-state index contributed by atoms with van der Waals surface area (Å²) in [7, 11) is -4.41. The van der Waals surface area contributed by atoms with E-state index >= 15 is 0 Å². The number of hydrogen-bond donors (Lipinski definition) is 0. The molecular formula is C6H15FO3S. The summed E-state index contributed by atoms with van der Waals surface area (Å²) in [4.78, 5) is 0. The molecule has 0 aromatic rings. The quantitative estimate of drug-likeness (QED) is 0.630. The Hall–Kier alpha value is -0.160. The third-order valence-corrected chi connectivity index (χ3v) is 0.876. The van der Waals surface area contributed by atoms with Gasteiger partial charge < -0.3 is 4.74 Å². The maximum atomic E-state index is 11.4. The van der Waals surface area contributed by atoms with Crippen LogP contribution in [0, 0.1) is 0 Å². The summed E-state index contributed by atoms with van der Waals surface area (Å²) < 4.78 is 34.9. The Bertz CT molecular complexity index is 153. The molecule has 0 saturated carbocycles. The lowest BCUT2D eigenvalue weighted by atomic mass is 10.6. The Kier molecular flexibility index (Phi) is 9.70. The van der Waals surface area contributed by atoms with Gasteiger partial charge in [0.1, 0.15) is 0 Å². The Morgan fingerprint density at radius 3 is 1.73 bits per heavy atom. The van der Waals surface area contributed by atoms with E-state index in [4.69, 9.17) is 0 Å². The zero-order valence-corrected chi connectivity index (χ0v) is 7.95. The second-order valence-electron chi connectivity index (χ2n) is 1.86. The summed E-state index contributed by atoms with van der Waals surface area (Å²) in [6.45, 7) is 6.05. The third-order valence-electron chi connectivity index (χ3n) is 0.428. The number of ether oxygens (including phenoxy) is 1. The lowest BCUT2D eigenvalue weighted by Gasteiger charge is -1.91. The van der Waals surface area contributed by atoms with Crippen molar-refractivity contribution < 1.29 is 17.0 Å². The molecule has 0 atom stereocenters. The molecule has 5 heteroatoms. The minimum atomic E-state index is -4.41. The van der Waals surface area contributed by atoms with Gasteiger partial charge >= 0.3 is 10.2 Å². The van der Waals surface area contributed by atoms with E-state index in [0.29, 0.717) is 0 Å². The summed E-state index contributed by atoms with van der Waals surface area (Å²) in [5.74, 6) is -0.830. The fourth-order valence-electron chi connectivity index (χ4n) is 0.183. The number of hydrogen-bond acceptors (Lipinski definition) is 3. The molecule has 0 unspecified atom stereocenters. The molecule has 0 aliphatic carbocycles. The van der Waals surface area contributed by atoms with E-state index in [0.717, 1.165) is 0 Å². The molecule has 0 fully saturated rings. The SMILES string of the molecule is CCC.CCOCS(=O)(=O)F. The van der Waals surface area contributed by atoms with Crippen LogP contribution in [0.4, 0.5) is 3.89 Å². The molecule has 0 aromatic heterocycles. The van der Waals surface area contributed by atoms with Crippen molar-refractivity contribution in [3.8, 4) is 0 Å².